The van der Waals surface area contributed by atoms with E-state index in [2.05, 4.69) is 100 Å². The van der Waals surface area contributed by atoms with Gasteiger partial charge in [0.2, 0.25) is 0 Å². The Morgan fingerprint density at radius 2 is 1.56 bits per heavy atom. The SMILES string of the molecule is Cn1ccc2cc(C(CB3OC(C)(C)C(C)(C)O3)c3ccccc3)ccc21. The third-order valence-corrected chi connectivity index (χ3v) is 6.24. The topological polar surface area (TPSA) is 23.4 Å². The van der Waals surface area contributed by atoms with Crippen molar-refractivity contribution in [1.29, 1.82) is 0 Å². The average Bonchev–Trinajstić information content (AvgIpc) is 3.09. The first kappa shape index (κ1) is 18.3. The fourth-order valence-electron chi connectivity index (χ4n) is 3.92. The van der Waals surface area contributed by atoms with Gasteiger partial charge in [-0.3, -0.25) is 0 Å². The molecule has 1 aliphatic heterocycles. The summed E-state index contributed by atoms with van der Waals surface area (Å²) in [5.74, 6) is 0.227. The van der Waals surface area contributed by atoms with E-state index in [0.29, 0.717) is 0 Å². The minimum Gasteiger partial charge on any atom is -0.403 e. The molecule has 0 radical (unpaired) electrons. The van der Waals surface area contributed by atoms with Crippen molar-refractivity contribution in [1.82, 2.24) is 4.57 Å². The highest BCUT2D eigenvalue weighted by Gasteiger charge is 2.51. The molecule has 1 fully saturated rings. The lowest BCUT2D eigenvalue weighted by Crippen LogP contribution is -2.41. The first-order valence-corrected chi connectivity index (χ1v) is 9.72. The molecule has 3 nitrogen and oxygen atoms in total. The minimum atomic E-state index is -0.303. The highest BCUT2D eigenvalue weighted by molar-refractivity contribution is 6.45. The molecule has 0 saturated carbocycles. The van der Waals surface area contributed by atoms with Crippen molar-refractivity contribution in [2.45, 2.75) is 51.1 Å². The summed E-state index contributed by atoms with van der Waals surface area (Å²) < 4.78 is 14.8. The fraction of sp³-hybridized carbons (Fsp3) is 0.391. The predicted octanol–water partition coefficient (Wildman–Crippen LogP) is 5.40. The molecule has 2 aromatic carbocycles. The molecule has 0 amide bonds. The summed E-state index contributed by atoms with van der Waals surface area (Å²) in [4.78, 5) is 0. The molecule has 4 rings (SSSR count). The third-order valence-electron chi connectivity index (χ3n) is 6.24. The Hall–Kier alpha value is -2.04. The van der Waals surface area contributed by atoms with Crippen molar-refractivity contribution < 1.29 is 9.31 Å². The number of aromatic nitrogens is 1. The first-order chi connectivity index (χ1) is 12.8. The lowest BCUT2D eigenvalue weighted by molar-refractivity contribution is 0.00578. The lowest BCUT2D eigenvalue weighted by atomic mass is 9.72. The molecule has 0 spiro atoms. The van der Waals surface area contributed by atoms with Crippen LogP contribution in [0.2, 0.25) is 6.32 Å². The van der Waals surface area contributed by atoms with E-state index in [1.807, 2.05) is 0 Å². The van der Waals surface area contributed by atoms with Crippen LogP contribution in [0.1, 0.15) is 44.7 Å². The Labute approximate surface area is 162 Å². The molecule has 1 saturated heterocycles. The number of aryl methyl sites for hydroxylation is 1. The number of hydrogen-bond acceptors (Lipinski definition) is 2. The van der Waals surface area contributed by atoms with Crippen LogP contribution in [-0.4, -0.2) is 22.9 Å². The van der Waals surface area contributed by atoms with E-state index >= 15 is 0 Å². The molecule has 0 bridgehead atoms. The van der Waals surface area contributed by atoms with Crippen LogP contribution in [0.25, 0.3) is 10.9 Å². The highest BCUT2D eigenvalue weighted by Crippen LogP contribution is 2.41. The summed E-state index contributed by atoms with van der Waals surface area (Å²) in [6.45, 7) is 8.45. The van der Waals surface area contributed by atoms with Crippen molar-refractivity contribution in [2.75, 3.05) is 0 Å². The van der Waals surface area contributed by atoms with Crippen LogP contribution in [0.4, 0.5) is 0 Å². The molecular formula is C23H28BNO2. The Bertz CT molecular complexity index is 929. The van der Waals surface area contributed by atoms with Crippen LogP contribution >= 0.6 is 0 Å². The molecule has 1 aliphatic rings. The largest absolute Gasteiger partial charge is 0.458 e. The predicted molar refractivity (Wildman–Crippen MR) is 112 cm³/mol. The second-order valence-electron chi connectivity index (χ2n) is 8.63. The van der Waals surface area contributed by atoms with E-state index in [1.54, 1.807) is 0 Å². The van der Waals surface area contributed by atoms with Crippen LogP contribution < -0.4 is 0 Å². The van der Waals surface area contributed by atoms with Crippen LogP contribution in [0.15, 0.2) is 60.8 Å². The number of nitrogens with zero attached hydrogens (tertiary/aromatic N) is 1. The molecule has 140 valence electrons. The molecule has 1 aromatic heterocycles. The van der Waals surface area contributed by atoms with E-state index in [1.165, 1.54) is 22.0 Å². The molecule has 2 heterocycles. The van der Waals surface area contributed by atoms with Crippen molar-refractivity contribution in [3.05, 3.63) is 71.9 Å². The van der Waals surface area contributed by atoms with E-state index in [4.69, 9.17) is 9.31 Å². The molecule has 0 N–H and O–H groups in total. The summed E-state index contributed by atoms with van der Waals surface area (Å²) in [5, 5.41) is 1.27. The van der Waals surface area contributed by atoms with Gasteiger partial charge in [-0.05, 0) is 68.7 Å². The standard InChI is InChI=1S/C23H28BNO2/c1-22(2)23(3,4)27-24(26-22)16-20(17-9-7-6-8-10-17)18-11-12-21-19(15-18)13-14-25(21)5/h6-15,20H,16H2,1-5H3. The van der Waals surface area contributed by atoms with Gasteiger partial charge >= 0.3 is 7.12 Å². The van der Waals surface area contributed by atoms with Gasteiger partial charge in [0.25, 0.3) is 0 Å². The van der Waals surface area contributed by atoms with E-state index < -0.39 is 0 Å². The normalized spacial score (nSPS) is 19.5. The maximum absolute atomic E-state index is 6.30. The Kier molecular flexibility index (Phi) is 4.44. The Balaban J connectivity index is 1.69. The van der Waals surface area contributed by atoms with Gasteiger partial charge in [-0.2, -0.15) is 0 Å². The summed E-state index contributed by atoms with van der Waals surface area (Å²) in [6.07, 6.45) is 2.91. The van der Waals surface area contributed by atoms with Gasteiger partial charge in [0.15, 0.2) is 0 Å². The van der Waals surface area contributed by atoms with E-state index in [-0.39, 0.29) is 24.2 Å². The lowest BCUT2D eigenvalue weighted by Gasteiger charge is -2.32. The minimum absolute atomic E-state index is 0.216. The molecule has 27 heavy (non-hydrogen) atoms. The molecule has 1 unspecified atom stereocenters. The molecule has 4 heteroatoms. The van der Waals surface area contributed by atoms with Crippen LogP contribution in [0, 0.1) is 0 Å². The Morgan fingerprint density at radius 1 is 0.889 bits per heavy atom. The quantitative estimate of drug-likeness (QED) is 0.581. The second-order valence-corrected chi connectivity index (χ2v) is 8.63. The molecule has 0 aliphatic carbocycles. The van der Waals surface area contributed by atoms with E-state index in [9.17, 15) is 0 Å². The van der Waals surface area contributed by atoms with Crippen LogP contribution in [0.5, 0.6) is 0 Å². The van der Waals surface area contributed by atoms with Gasteiger partial charge in [-0.1, -0.05) is 36.4 Å². The summed E-state index contributed by atoms with van der Waals surface area (Å²) in [5.41, 5.74) is 3.24. The van der Waals surface area contributed by atoms with Gasteiger partial charge in [-0.15, -0.1) is 0 Å². The number of hydrogen-bond donors (Lipinski definition) is 0. The smallest absolute Gasteiger partial charge is 0.403 e. The van der Waals surface area contributed by atoms with Gasteiger partial charge in [0, 0.05) is 24.7 Å². The first-order valence-electron chi connectivity index (χ1n) is 9.72. The fourth-order valence-corrected chi connectivity index (χ4v) is 3.92. The maximum Gasteiger partial charge on any atom is 0.458 e. The van der Waals surface area contributed by atoms with Crippen molar-refractivity contribution >= 4 is 18.0 Å². The van der Waals surface area contributed by atoms with Gasteiger partial charge in [0.1, 0.15) is 0 Å². The number of benzene rings is 2. The van der Waals surface area contributed by atoms with Crippen LogP contribution in [-0.2, 0) is 16.4 Å². The maximum atomic E-state index is 6.30. The summed E-state index contributed by atoms with van der Waals surface area (Å²) >= 11 is 0. The average molecular weight is 361 g/mol. The van der Waals surface area contributed by atoms with Gasteiger partial charge in [0.05, 0.1) is 11.2 Å². The summed E-state index contributed by atoms with van der Waals surface area (Å²) in [6, 6.07) is 19.6. The molecule has 1 atom stereocenters. The van der Waals surface area contributed by atoms with Gasteiger partial charge in [-0.25, -0.2) is 0 Å². The van der Waals surface area contributed by atoms with E-state index in [0.717, 1.165) is 6.32 Å². The zero-order valence-corrected chi connectivity index (χ0v) is 16.9. The number of rotatable bonds is 4. The van der Waals surface area contributed by atoms with Crippen molar-refractivity contribution in [2.24, 2.45) is 7.05 Å². The second kappa shape index (κ2) is 6.54. The van der Waals surface area contributed by atoms with Crippen molar-refractivity contribution in [3.63, 3.8) is 0 Å². The third kappa shape index (κ3) is 3.33. The Morgan fingerprint density at radius 3 is 2.22 bits per heavy atom. The van der Waals surface area contributed by atoms with Crippen LogP contribution in [0.3, 0.4) is 0 Å². The monoisotopic (exact) mass is 361 g/mol. The van der Waals surface area contributed by atoms with Crippen molar-refractivity contribution in [3.8, 4) is 0 Å². The highest BCUT2D eigenvalue weighted by atomic mass is 16.7. The van der Waals surface area contributed by atoms with Gasteiger partial charge < -0.3 is 13.9 Å². The molecular weight excluding hydrogens is 333 g/mol. The molecule has 3 aromatic rings. The summed E-state index contributed by atoms with van der Waals surface area (Å²) in [7, 11) is 1.87. The number of fused-ring (bicyclic) bond motifs is 1. The zero-order valence-electron chi connectivity index (χ0n) is 16.9. The zero-order chi connectivity index (χ0) is 19.2.